The van der Waals surface area contributed by atoms with Crippen LogP contribution in [0.25, 0.3) is 0 Å². The molecule has 0 heterocycles. The monoisotopic (exact) mass is 146 g/mol. The molecule has 2 heteroatoms. The van der Waals surface area contributed by atoms with E-state index >= 15 is 0 Å². The van der Waals surface area contributed by atoms with Gasteiger partial charge in [0.25, 0.3) is 0 Å². The summed E-state index contributed by atoms with van der Waals surface area (Å²) in [6.45, 7) is 4.81. The molecule has 0 atom stereocenters. The minimum Gasteiger partial charge on any atom is -0.0748 e. The lowest BCUT2D eigenvalue weighted by Gasteiger charge is -1.93. The van der Waals surface area contributed by atoms with E-state index in [2.05, 4.69) is 13.1 Å². The number of hydrogen-bond donors (Lipinski definition) is 0. The predicted molar refractivity (Wildman–Crippen MR) is 47.7 cm³/mol. The molecule has 0 saturated heterocycles. The van der Waals surface area contributed by atoms with Gasteiger partial charge in [-0.25, -0.2) is 0 Å². The molecule has 0 aromatic rings. The summed E-state index contributed by atoms with van der Waals surface area (Å²) < 4.78 is 0. The van der Waals surface area contributed by atoms with Crippen LogP contribution in [0.3, 0.4) is 0 Å². The third kappa shape index (κ3) is 6.43. The Hall–Kier alpha value is 0.434. The molecular weight excluding hydrogens is 128 g/mol. The average Bonchev–Trinajstić information content (AvgIpc) is 1.81. The van der Waals surface area contributed by atoms with Crippen LogP contribution < -0.4 is 0 Å². The fourth-order valence-electron chi connectivity index (χ4n) is 0.854. The van der Waals surface area contributed by atoms with Crippen LogP contribution in [0.4, 0.5) is 0 Å². The van der Waals surface area contributed by atoms with E-state index in [9.17, 15) is 0 Å². The third-order valence-corrected chi connectivity index (χ3v) is 3.87. The van der Waals surface area contributed by atoms with Gasteiger partial charge in [0.05, 0.1) is 0 Å². The molecule has 0 nitrogen and oxygen atoms in total. The van der Waals surface area contributed by atoms with Crippen molar-refractivity contribution in [3.63, 3.8) is 0 Å². The second kappa shape index (κ2) is 7.43. The molecule has 0 unspecified atom stereocenters. The fraction of sp³-hybridized carbons (Fsp3) is 1.00. The van der Waals surface area contributed by atoms with Crippen molar-refractivity contribution in [1.29, 1.82) is 0 Å². The molecule has 0 fully saturated rings. The molecule has 0 aromatic heterocycles. The number of hydrogen-bond acceptors (Lipinski definition) is 0. The average molecular weight is 146 g/mol. The van der Waals surface area contributed by atoms with Gasteiger partial charge >= 0.3 is 0 Å². The van der Waals surface area contributed by atoms with Crippen LogP contribution in [0, 0.1) is 0 Å². The zero-order valence-electron chi connectivity index (χ0n) is 6.24. The topological polar surface area (TPSA) is 0 Å². The van der Waals surface area contributed by atoms with Gasteiger partial charge in [0.1, 0.15) is 0 Å². The Kier molecular flexibility index (Phi) is 7.84. The van der Waals surface area contributed by atoms with Crippen LogP contribution in [0.15, 0.2) is 0 Å². The summed E-state index contributed by atoms with van der Waals surface area (Å²) in [5.41, 5.74) is 0. The molecule has 0 aliphatic rings. The second-order valence-corrected chi connectivity index (χ2v) is 5.83. The van der Waals surface area contributed by atoms with Crippen LogP contribution in [-0.2, 0) is 0 Å². The Bertz CT molecular complexity index is 31.5. The Morgan fingerprint density at radius 3 is 1.50 bits per heavy atom. The Morgan fingerprint density at radius 1 is 0.875 bits per heavy atom. The van der Waals surface area contributed by atoms with Gasteiger partial charge in [-0.05, 0) is 0 Å². The highest BCUT2D eigenvalue weighted by atomic mass is 28.2. The number of rotatable bonds is 5. The molecule has 8 heavy (non-hydrogen) atoms. The van der Waals surface area contributed by atoms with Crippen LogP contribution in [0.5, 0.6) is 0 Å². The van der Waals surface area contributed by atoms with Crippen LogP contribution in [0.1, 0.15) is 12.8 Å². The Balaban J connectivity index is 2.53. The molecule has 0 radical (unpaired) electrons. The molecule has 0 bridgehead atoms. The first kappa shape index (κ1) is 8.43. The highest BCUT2D eigenvalue weighted by Crippen LogP contribution is 1.98. The summed E-state index contributed by atoms with van der Waals surface area (Å²) >= 11 is 0. The van der Waals surface area contributed by atoms with Gasteiger partial charge in [-0.2, -0.15) is 0 Å². The van der Waals surface area contributed by atoms with Crippen molar-refractivity contribution in [3.8, 4) is 0 Å². The minimum absolute atomic E-state index is 0.401. The zero-order valence-corrected chi connectivity index (χ0v) is 9.07. The second-order valence-electron chi connectivity index (χ2n) is 2.41. The lowest BCUT2D eigenvalue weighted by molar-refractivity contribution is 0.874. The van der Waals surface area contributed by atoms with Gasteiger partial charge in [0.15, 0.2) is 0 Å². The quantitative estimate of drug-likeness (QED) is 0.402. The van der Waals surface area contributed by atoms with E-state index in [1.54, 1.807) is 24.9 Å². The first-order chi connectivity index (χ1) is 3.91. The highest BCUT2D eigenvalue weighted by molar-refractivity contribution is 6.34. The Morgan fingerprint density at radius 2 is 1.25 bits per heavy atom. The lowest BCUT2D eigenvalue weighted by atomic mass is 10.4. The van der Waals surface area contributed by atoms with Gasteiger partial charge in [0.2, 0.25) is 0 Å². The van der Waals surface area contributed by atoms with E-state index in [-0.39, 0.29) is 0 Å². The van der Waals surface area contributed by atoms with Crippen molar-refractivity contribution in [2.24, 2.45) is 0 Å². The molecule has 0 saturated carbocycles. The van der Waals surface area contributed by atoms with Crippen molar-refractivity contribution in [2.45, 2.75) is 38.0 Å². The zero-order chi connectivity index (χ0) is 6.24. The predicted octanol–water partition coefficient (Wildman–Crippen LogP) is 1.04. The SMILES string of the molecule is C[SiH2]CCCC[SiH2]C. The smallest absolute Gasteiger partial charge is 0.0166 e. The van der Waals surface area contributed by atoms with Crippen LogP contribution in [-0.4, -0.2) is 19.0 Å². The summed E-state index contributed by atoms with van der Waals surface area (Å²) in [5.74, 6) is 0. The van der Waals surface area contributed by atoms with Gasteiger partial charge in [-0.3, -0.25) is 0 Å². The largest absolute Gasteiger partial charge is 0.0748 e. The van der Waals surface area contributed by atoms with E-state index in [1.807, 2.05) is 0 Å². The van der Waals surface area contributed by atoms with Crippen molar-refractivity contribution in [3.05, 3.63) is 0 Å². The lowest BCUT2D eigenvalue weighted by Crippen LogP contribution is -1.84. The summed E-state index contributed by atoms with van der Waals surface area (Å²) in [6.07, 6.45) is 3.09. The summed E-state index contributed by atoms with van der Waals surface area (Å²) in [6, 6.07) is 3.18. The van der Waals surface area contributed by atoms with Crippen molar-refractivity contribution < 1.29 is 0 Å². The highest BCUT2D eigenvalue weighted by Gasteiger charge is 1.84. The number of unbranched alkanes of at least 4 members (excludes halogenated alkanes) is 1. The molecule has 0 spiro atoms. The first-order valence-corrected chi connectivity index (χ1v) is 8.74. The normalized spacial score (nSPS) is 12.8. The van der Waals surface area contributed by atoms with Gasteiger partial charge < -0.3 is 0 Å². The molecule has 0 aliphatic carbocycles. The van der Waals surface area contributed by atoms with E-state index in [4.69, 9.17) is 0 Å². The van der Waals surface area contributed by atoms with E-state index in [0.29, 0.717) is 19.0 Å². The fourth-order valence-corrected chi connectivity index (χ4v) is 2.56. The van der Waals surface area contributed by atoms with Crippen molar-refractivity contribution in [2.75, 3.05) is 0 Å². The van der Waals surface area contributed by atoms with E-state index < -0.39 is 0 Å². The standard InChI is InChI=1S/C6H18Si2/c1-7-5-3-4-6-8-2/h3-8H2,1-2H3. The summed E-state index contributed by atoms with van der Waals surface area (Å²) in [5, 5.41) is 0. The molecular formula is C6H18Si2. The van der Waals surface area contributed by atoms with Crippen molar-refractivity contribution >= 4 is 19.0 Å². The maximum absolute atomic E-state index is 2.41. The molecule has 50 valence electrons. The minimum atomic E-state index is 0.401. The molecule has 0 amide bonds. The third-order valence-electron chi connectivity index (χ3n) is 1.46. The molecule has 0 aromatic carbocycles. The Labute approximate surface area is 57.7 Å². The molecule has 0 rings (SSSR count). The van der Waals surface area contributed by atoms with Gasteiger partial charge in [0, 0.05) is 19.0 Å². The van der Waals surface area contributed by atoms with Crippen molar-refractivity contribution in [1.82, 2.24) is 0 Å². The van der Waals surface area contributed by atoms with E-state index in [0.717, 1.165) is 0 Å². The summed E-state index contributed by atoms with van der Waals surface area (Å²) in [7, 11) is 0.803. The summed E-state index contributed by atoms with van der Waals surface area (Å²) in [4.78, 5) is 0. The molecule has 0 N–H and O–H groups in total. The molecule has 0 aliphatic heterocycles. The maximum atomic E-state index is 2.41. The van der Waals surface area contributed by atoms with Crippen LogP contribution in [0.2, 0.25) is 25.2 Å². The van der Waals surface area contributed by atoms with Crippen LogP contribution >= 0.6 is 0 Å². The van der Waals surface area contributed by atoms with E-state index in [1.165, 1.54) is 0 Å². The maximum Gasteiger partial charge on any atom is 0.0166 e. The van der Waals surface area contributed by atoms with Gasteiger partial charge in [-0.15, -0.1) is 0 Å². The first-order valence-electron chi connectivity index (χ1n) is 3.91. The van der Waals surface area contributed by atoms with Gasteiger partial charge in [-0.1, -0.05) is 38.0 Å².